The number of aliphatic hydroxyl groups is 1. The lowest BCUT2D eigenvalue weighted by Gasteiger charge is -2.48. The minimum atomic E-state index is -1.78. The van der Waals surface area contributed by atoms with Crippen LogP contribution < -0.4 is 10.6 Å². The van der Waals surface area contributed by atoms with Crippen molar-refractivity contribution in [2.45, 2.75) is 141 Å². The third kappa shape index (κ3) is 12.5. The molecule has 3 aromatic rings. The summed E-state index contributed by atoms with van der Waals surface area (Å²) in [5, 5.41) is 17.5. The smallest absolute Gasteiger partial charge is 0.408 e. The molecular formula is C51H68N6O12. The highest BCUT2D eigenvalue weighted by Gasteiger charge is 2.58. The number of ether oxygens (including phenoxy) is 6. The Morgan fingerprint density at radius 3 is 2.30 bits per heavy atom. The molecule has 1 aromatic carbocycles. The quantitative estimate of drug-likeness (QED) is 0.146. The van der Waals surface area contributed by atoms with Gasteiger partial charge in [-0.1, -0.05) is 70.2 Å². The number of nitrogens with zero attached hydrogens (tertiary/aromatic N) is 4. The topological polar surface area (TPSA) is 227 Å². The van der Waals surface area contributed by atoms with Crippen LogP contribution in [0.25, 0.3) is 17.5 Å². The summed E-state index contributed by atoms with van der Waals surface area (Å²) < 4.78 is 38.0. The zero-order valence-corrected chi connectivity index (χ0v) is 41.2. The summed E-state index contributed by atoms with van der Waals surface area (Å²) in [6.45, 7) is 13.5. The van der Waals surface area contributed by atoms with Gasteiger partial charge in [-0.3, -0.25) is 19.4 Å². The number of pyridine rings is 1. The van der Waals surface area contributed by atoms with Crippen molar-refractivity contribution in [1.82, 2.24) is 30.5 Å². The van der Waals surface area contributed by atoms with Gasteiger partial charge in [-0.25, -0.2) is 19.6 Å². The summed E-state index contributed by atoms with van der Waals surface area (Å²) in [7, 11) is 3.66. The van der Waals surface area contributed by atoms with Gasteiger partial charge >= 0.3 is 24.1 Å². The molecule has 0 unspecified atom stereocenters. The van der Waals surface area contributed by atoms with E-state index in [2.05, 4.69) is 25.6 Å². The van der Waals surface area contributed by atoms with Gasteiger partial charge in [0.25, 0.3) is 0 Å². The number of rotatable bonds is 12. The van der Waals surface area contributed by atoms with Crippen LogP contribution in [0.4, 0.5) is 9.59 Å². The van der Waals surface area contributed by atoms with Gasteiger partial charge in [0.15, 0.2) is 17.7 Å². The first-order chi connectivity index (χ1) is 32.7. The van der Waals surface area contributed by atoms with Crippen LogP contribution in [0.3, 0.4) is 0 Å². The van der Waals surface area contributed by atoms with E-state index < -0.39 is 108 Å². The fourth-order valence-corrected chi connectivity index (χ4v) is 10.1. The molecule has 0 radical (unpaired) electrons. The molecule has 3 fully saturated rings. The Balaban J connectivity index is 1.40. The molecule has 374 valence electrons. The van der Waals surface area contributed by atoms with E-state index in [0.717, 1.165) is 11.1 Å². The molecule has 18 heteroatoms. The first-order valence-electron chi connectivity index (χ1n) is 23.7. The highest BCUT2D eigenvalue weighted by molar-refractivity contribution is 5.85. The molecule has 5 heterocycles. The van der Waals surface area contributed by atoms with Gasteiger partial charge in [0.1, 0.15) is 35.8 Å². The van der Waals surface area contributed by atoms with E-state index in [1.54, 1.807) is 97.4 Å². The molecule has 18 nitrogen and oxygen atoms in total. The number of aliphatic hydroxyl groups excluding tert-OH is 1. The van der Waals surface area contributed by atoms with E-state index >= 15 is 0 Å². The van der Waals surface area contributed by atoms with Crippen LogP contribution in [0.2, 0.25) is 0 Å². The number of alkyl carbamates (subject to hydrolysis) is 2. The number of likely N-dealkylation sites (N-methyl/N-ethyl adjacent to an activating group) is 1. The lowest BCUT2D eigenvalue weighted by molar-refractivity contribution is -0.298. The number of hydrogen-bond donors (Lipinski definition) is 3. The van der Waals surface area contributed by atoms with E-state index in [4.69, 9.17) is 28.4 Å². The van der Waals surface area contributed by atoms with Crippen molar-refractivity contribution in [3.8, 4) is 11.4 Å². The Morgan fingerprint density at radius 2 is 1.65 bits per heavy atom. The van der Waals surface area contributed by atoms with Crippen molar-refractivity contribution in [3.63, 3.8) is 0 Å². The normalized spacial score (nSPS) is 33.4. The second-order valence-electron chi connectivity index (χ2n) is 19.2. The molecule has 3 aliphatic rings. The fraction of sp³-hybridized carbons (Fsp3) is 0.569. The number of benzene rings is 1. The third-order valence-corrected chi connectivity index (χ3v) is 13.7. The van der Waals surface area contributed by atoms with Crippen molar-refractivity contribution >= 4 is 36.0 Å². The van der Waals surface area contributed by atoms with E-state index in [9.17, 15) is 29.1 Å². The van der Waals surface area contributed by atoms with Gasteiger partial charge in [0, 0.05) is 54.5 Å². The first kappa shape index (κ1) is 52.5. The number of aromatic nitrogens is 3. The van der Waals surface area contributed by atoms with Crippen LogP contribution in [0.15, 0.2) is 73.2 Å². The zero-order chi connectivity index (χ0) is 50.2. The maximum absolute atomic E-state index is 14.7. The van der Waals surface area contributed by atoms with Gasteiger partial charge in [-0.05, 0) is 84.8 Å². The number of carbonyl (C=O) groups excluding carboxylic acids is 5. The largest absolute Gasteiger partial charge is 0.461 e. The Labute approximate surface area is 404 Å². The van der Waals surface area contributed by atoms with Crippen LogP contribution in [0.5, 0.6) is 0 Å². The van der Waals surface area contributed by atoms with Crippen molar-refractivity contribution in [2.75, 3.05) is 20.6 Å². The molecule has 69 heavy (non-hydrogen) atoms. The number of carbonyl (C=O) groups is 5. The van der Waals surface area contributed by atoms with Crippen molar-refractivity contribution in [3.05, 3.63) is 84.5 Å². The van der Waals surface area contributed by atoms with Gasteiger partial charge in [0.2, 0.25) is 0 Å². The molecular weight excluding hydrogens is 889 g/mol. The van der Waals surface area contributed by atoms with E-state index in [1.165, 1.54) is 0 Å². The minimum Gasteiger partial charge on any atom is -0.461 e. The van der Waals surface area contributed by atoms with Crippen molar-refractivity contribution in [1.29, 1.82) is 0 Å². The van der Waals surface area contributed by atoms with Crippen LogP contribution in [0, 0.1) is 23.7 Å². The molecule has 2 amide bonds. The van der Waals surface area contributed by atoms with Crippen LogP contribution in [-0.2, 0) is 49.2 Å². The van der Waals surface area contributed by atoms with Gasteiger partial charge in [-0.15, -0.1) is 0 Å². The molecule has 0 aliphatic carbocycles. The number of ketones is 1. The molecule has 0 bridgehead atoms. The Hall–Kier alpha value is -5.82. The van der Waals surface area contributed by atoms with Crippen molar-refractivity contribution in [2.24, 2.45) is 23.7 Å². The SMILES string of the molecule is CC[C@H]1OC(=O)[C@H](C)[C@@H](OC(=O)Cc2ccccn2)[C@H](C)[C@@H](O[C@@H]2O[C@H](C)C[C@H](N(C)C)[C@H]2O)[C@](C)(OC(=O)NCC=Cc2ccc(-c3ncccn3)cc2)C[C@@H](C)C(=O)[C@H](C)[C@H]2NC(=O)O[C@@]21C. The van der Waals surface area contributed by atoms with Crippen molar-refractivity contribution < 1.29 is 57.5 Å². The maximum Gasteiger partial charge on any atom is 0.408 e. The summed E-state index contributed by atoms with van der Waals surface area (Å²) in [6, 6.07) is 13.1. The average molecular weight is 957 g/mol. The van der Waals surface area contributed by atoms with Gasteiger partial charge < -0.3 is 49.1 Å². The molecule has 14 atom stereocenters. The number of fused-ring (bicyclic) bond motifs is 1. The number of cyclic esters (lactones) is 1. The highest BCUT2D eigenvalue weighted by atomic mass is 16.7. The minimum absolute atomic E-state index is 0.0345. The van der Waals surface area contributed by atoms with Gasteiger partial charge in [-0.2, -0.15) is 0 Å². The summed E-state index contributed by atoms with van der Waals surface area (Å²) in [5.41, 5.74) is -1.15. The number of Topliss-reactive ketones (excluding diaryl/α,β-unsaturated/α-hetero) is 1. The number of esters is 2. The molecule has 0 saturated carbocycles. The summed E-state index contributed by atoms with van der Waals surface area (Å²) in [6.07, 6.45) is 0.458. The molecule has 3 saturated heterocycles. The lowest BCUT2D eigenvalue weighted by atomic mass is 9.73. The maximum atomic E-state index is 14.7. The van der Waals surface area contributed by atoms with E-state index in [1.807, 2.05) is 56.3 Å². The monoisotopic (exact) mass is 956 g/mol. The van der Waals surface area contributed by atoms with E-state index in [0.29, 0.717) is 17.9 Å². The predicted molar refractivity (Wildman–Crippen MR) is 253 cm³/mol. The number of amides is 2. The molecule has 0 spiro atoms. The predicted octanol–water partition coefficient (Wildman–Crippen LogP) is 5.71. The molecule has 3 aliphatic heterocycles. The summed E-state index contributed by atoms with van der Waals surface area (Å²) >= 11 is 0. The molecule has 2 aromatic heterocycles. The standard InChI is InChI=1S/C51H68N6O12/c1-11-38-51(8)43(56-49(63)69-51)31(4)40(59)29(2)28-50(7,68-48(62)55-23-14-16-34-18-20-35(21-19-34)45-53-24-15-25-54-45)44(67-47-41(60)37(57(9)10)26-30(3)64-47)32(5)42(33(6)46(61)65-38)66-39(58)27-36-17-12-13-22-52-36/h12-22,24-25,29-33,37-38,41-44,47,60H,11,23,26-28H2,1-10H3,(H,55,62)(H,56,63)/t29-,30-,31+,32+,33-,37+,38-,41-,42+,43-,44-,47+,50-,51-/m1/s1. The second kappa shape index (κ2) is 22.7. The number of hydrogen-bond acceptors (Lipinski definition) is 16. The van der Waals surface area contributed by atoms with E-state index in [-0.39, 0.29) is 31.6 Å². The fourth-order valence-electron chi connectivity index (χ4n) is 10.1. The lowest BCUT2D eigenvalue weighted by Crippen LogP contribution is -2.61. The summed E-state index contributed by atoms with van der Waals surface area (Å²) in [4.78, 5) is 85.2. The Kier molecular flexibility index (Phi) is 17.3. The second-order valence-corrected chi connectivity index (χ2v) is 19.2. The van der Waals surface area contributed by atoms with Gasteiger partial charge in [0.05, 0.1) is 30.2 Å². The third-order valence-electron chi connectivity index (χ3n) is 13.7. The zero-order valence-electron chi connectivity index (χ0n) is 41.2. The Morgan fingerprint density at radius 1 is 0.957 bits per heavy atom. The molecule has 3 N–H and O–H groups in total. The summed E-state index contributed by atoms with van der Waals surface area (Å²) in [5.74, 6) is -5.24. The first-order valence-corrected chi connectivity index (χ1v) is 23.7. The van der Waals surface area contributed by atoms with Crippen LogP contribution in [0.1, 0.15) is 85.9 Å². The highest BCUT2D eigenvalue weighted by Crippen LogP contribution is 2.42. The average Bonchev–Trinajstić information content (AvgIpc) is 3.64. The Bertz CT molecular complexity index is 2270. The van der Waals surface area contributed by atoms with Crippen LogP contribution >= 0.6 is 0 Å². The number of nitrogens with one attached hydrogen (secondary N) is 2. The van der Waals surface area contributed by atoms with Crippen LogP contribution in [-0.4, -0.2) is 136 Å². The molecule has 6 rings (SSSR count).